The quantitative estimate of drug-likeness (QED) is 0.529. The molecule has 2 N–H and O–H groups in total. The third kappa shape index (κ3) is 7.83. The summed E-state index contributed by atoms with van der Waals surface area (Å²) in [5.41, 5.74) is 1.62. The van der Waals surface area contributed by atoms with Crippen LogP contribution < -0.4 is 10.6 Å². The van der Waals surface area contributed by atoms with Gasteiger partial charge >= 0.3 is 5.97 Å². The first-order valence-electron chi connectivity index (χ1n) is 8.55. The molecule has 0 aromatic heterocycles. The second kappa shape index (κ2) is 10.5. The molecule has 0 fully saturated rings. The monoisotopic (exact) mass is 348 g/mol. The van der Waals surface area contributed by atoms with Gasteiger partial charge in [-0.05, 0) is 37.8 Å². The van der Waals surface area contributed by atoms with Gasteiger partial charge in [0.05, 0.1) is 7.11 Å². The average Bonchev–Trinajstić information content (AvgIpc) is 2.56. The molecule has 1 rings (SSSR count). The van der Waals surface area contributed by atoms with E-state index in [9.17, 15) is 14.4 Å². The first kappa shape index (κ1) is 20.7. The fourth-order valence-electron chi connectivity index (χ4n) is 2.43. The lowest BCUT2D eigenvalue weighted by molar-refractivity contribution is -0.145. The van der Waals surface area contributed by atoms with Gasteiger partial charge in [0.25, 0.3) is 5.91 Å². The van der Waals surface area contributed by atoms with Crippen molar-refractivity contribution in [2.24, 2.45) is 5.92 Å². The molecule has 0 unspecified atom stereocenters. The number of carbonyl (C=O) groups excluding carboxylic acids is 3. The second-order valence-corrected chi connectivity index (χ2v) is 6.50. The van der Waals surface area contributed by atoms with Crippen molar-refractivity contribution in [3.05, 3.63) is 35.4 Å². The zero-order chi connectivity index (χ0) is 18.8. The summed E-state index contributed by atoms with van der Waals surface area (Å²) in [6, 6.07) is 6.70. The van der Waals surface area contributed by atoms with Crippen LogP contribution in [0.4, 0.5) is 0 Å². The zero-order valence-corrected chi connectivity index (χ0v) is 15.4. The van der Waals surface area contributed by atoms with Gasteiger partial charge in [0.1, 0.15) is 6.04 Å². The van der Waals surface area contributed by atoms with Crippen LogP contribution in [-0.2, 0) is 14.3 Å². The fourth-order valence-corrected chi connectivity index (χ4v) is 2.43. The summed E-state index contributed by atoms with van der Waals surface area (Å²) in [6.07, 6.45) is 1.27. The molecule has 0 bridgehead atoms. The second-order valence-electron chi connectivity index (χ2n) is 6.50. The van der Waals surface area contributed by atoms with E-state index in [1.54, 1.807) is 6.07 Å². The van der Waals surface area contributed by atoms with Gasteiger partial charge in [-0.25, -0.2) is 4.79 Å². The van der Waals surface area contributed by atoms with E-state index in [-0.39, 0.29) is 24.2 Å². The van der Waals surface area contributed by atoms with Gasteiger partial charge < -0.3 is 15.4 Å². The first-order chi connectivity index (χ1) is 11.8. The van der Waals surface area contributed by atoms with Crippen molar-refractivity contribution in [3.63, 3.8) is 0 Å². The SMILES string of the molecule is COC(=O)[C@@H](CC(C)C)NC(=O)CCCNC(=O)c1cccc(C)c1. The summed E-state index contributed by atoms with van der Waals surface area (Å²) in [4.78, 5) is 35.7. The predicted octanol–water partition coefficient (Wildman–Crippen LogP) is 2.21. The molecular formula is C19H28N2O4. The number of aryl methyl sites for hydroxylation is 1. The molecule has 0 spiro atoms. The van der Waals surface area contributed by atoms with Crippen molar-refractivity contribution in [1.29, 1.82) is 0 Å². The van der Waals surface area contributed by atoms with Crippen LogP contribution in [0.25, 0.3) is 0 Å². The van der Waals surface area contributed by atoms with Crippen molar-refractivity contribution >= 4 is 17.8 Å². The van der Waals surface area contributed by atoms with E-state index in [1.807, 2.05) is 39.0 Å². The van der Waals surface area contributed by atoms with Crippen LogP contribution in [0.3, 0.4) is 0 Å². The minimum atomic E-state index is -0.626. The Balaban J connectivity index is 2.36. The first-order valence-corrected chi connectivity index (χ1v) is 8.55. The number of hydrogen-bond donors (Lipinski definition) is 2. The Morgan fingerprint density at radius 1 is 1.20 bits per heavy atom. The van der Waals surface area contributed by atoms with Crippen molar-refractivity contribution in [3.8, 4) is 0 Å². The van der Waals surface area contributed by atoms with Crippen LogP contribution in [0.15, 0.2) is 24.3 Å². The van der Waals surface area contributed by atoms with Crippen LogP contribution in [0, 0.1) is 12.8 Å². The van der Waals surface area contributed by atoms with Gasteiger partial charge in [-0.3, -0.25) is 9.59 Å². The standard InChI is InChI=1S/C19H28N2O4/c1-13(2)11-16(19(24)25-4)21-17(22)9-6-10-20-18(23)15-8-5-7-14(3)12-15/h5,7-8,12-13,16H,6,9-11H2,1-4H3,(H,20,23)(H,21,22)/t16-/m1/s1. The maximum absolute atomic E-state index is 12.0. The molecule has 138 valence electrons. The Morgan fingerprint density at radius 3 is 2.52 bits per heavy atom. The average molecular weight is 348 g/mol. The molecule has 1 atom stereocenters. The Morgan fingerprint density at radius 2 is 1.92 bits per heavy atom. The third-order valence-electron chi connectivity index (χ3n) is 3.67. The van der Waals surface area contributed by atoms with Gasteiger partial charge in [0.2, 0.25) is 5.91 Å². The molecule has 25 heavy (non-hydrogen) atoms. The number of methoxy groups -OCH3 is 1. The van der Waals surface area contributed by atoms with Gasteiger partial charge in [-0.15, -0.1) is 0 Å². The lowest BCUT2D eigenvalue weighted by Crippen LogP contribution is -2.42. The number of rotatable bonds is 9. The molecule has 6 nitrogen and oxygen atoms in total. The Labute approximate surface area is 149 Å². The van der Waals surface area contributed by atoms with Crippen molar-refractivity contribution < 1.29 is 19.1 Å². The maximum Gasteiger partial charge on any atom is 0.328 e. The summed E-state index contributed by atoms with van der Waals surface area (Å²) in [7, 11) is 1.31. The highest BCUT2D eigenvalue weighted by atomic mass is 16.5. The Hall–Kier alpha value is -2.37. The predicted molar refractivity (Wildman–Crippen MR) is 96.1 cm³/mol. The molecule has 6 heteroatoms. The molecule has 0 aliphatic heterocycles. The normalized spacial score (nSPS) is 11.7. The zero-order valence-electron chi connectivity index (χ0n) is 15.4. The number of esters is 1. The van der Waals surface area contributed by atoms with Crippen LogP contribution in [0.1, 0.15) is 49.0 Å². The highest BCUT2D eigenvalue weighted by Gasteiger charge is 2.22. The van der Waals surface area contributed by atoms with Crippen LogP contribution in [0.2, 0.25) is 0 Å². The molecule has 0 saturated carbocycles. The number of amides is 2. The number of hydrogen-bond acceptors (Lipinski definition) is 4. The molecule has 0 radical (unpaired) electrons. The summed E-state index contributed by atoms with van der Waals surface area (Å²) in [5, 5.41) is 5.49. The van der Waals surface area contributed by atoms with E-state index in [0.29, 0.717) is 24.9 Å². The van der Waals surface area contributed by atoms with Crippen LogP contribution in [0.5, 0.6) is 0 Å². The number of nitrogens with one attached hydrogen (secondary N) is 2. The van der Waals surface area contributed by atoms with Gasteiger partial charge in [0.15, 0.2) is 0 Å². The third-order valence-corrected chi connectivity index (χ3v) is 3.67. The number of ether oxygens (including phenoxy) is 1. The van der Waals surface area contributed by atoms with E-state index in [4.69, 9.17) is 4.74 Å². The minimum Gasteiger partial charge on any atom is -0.467 e. The number of benzene rings is 1. The maximum atomic E-state index is 12.0. The van der Waals surface area contributed by atoms with Gasteiger partial charge in [0, 0.05) is 18.5 Å². The topological polar surface area (TPSA) is 84.5 Å². The van der Waals surface area contributed by atoms with E-state index in [1.165, 1.54) is 7.11 Å². The Bertz CT molecular complexity index is 599. The van der Waals surface area contributed by atoms with Gasteiger partial charge in [-0.1, -0.05) is 31.5 Å². The van der Waals surface area contributed by atoms with Crippen LogP contribution >= 0.6 is 0 Å². The summed E-state index contributed by atoms with van der Waals surface area (Å²) >= 11 is 0. The highest BCUT2D eigenvalue weighted by Crippen LogP contribution is 2.07. The van der Waals surface area contributed by atoms with Crippen molar-refractivity contribution in [2.75, 3.05) is 13.7 Å². The van der Waals surface area contributed by atoms with Crippen molar-refractivity contribution in [2.45, 2.75) is 46.1 Å². The van der Waals surface area contributed by atoms with E-state index >= 15 is 0 Å². The number of carbonyl (C=O) groups is 3. The highest BCUT2D eigenvalue weighted by molar-refractivity contribution is 5.94. The lowest BCUT2D eigenvalue weighted by atomic mass is 10.0. The molecule has 0 aliphatic carbocycles. The fraction of sp³-hybridized carbons (Fsp3) is 0.526. The van der Waals surface area contributed by atoms with Crippen LogP contribution in [-0.4, -0.2) is 37.5 Å². The largest absolute Gasteiger partial charge is 0.467 e. The summed E-state index contributed by atoms with van der Waals surface area (Å²) < 4.78 is 4.72. The summed E-state index contributed by atoms with van der Waals surface area (Å²) in [5.74, 6) is -0.551. The molecule has 1 aromatic rings. The van der Waals surface area contributed by atoms with E-state index in [0.717, 1.165) is 5.56 Å². The molecule has 2 amide bonds. The van der Waals surface area contributed by atoms with E-state index in [2.05, 4.69) is 10.6 Å². The molecular weight excluding hydrogens is 320 g/mol. The molecule has 0 heterocycles. The minimum absolute atomic E-state index is 0.156. The Kier molecular flexibility index (Phi) is 8.67. The molecule has 0 saturated heterocycles. The summed E-state index contributed by atoms with van der Waals surface area (Å²) in [6.45, 7) is 6.27. The van der Waals surface area contributed by atoms with E-state index < -0.39 is 12.0 Å². The van der Waals surface area contributed by atoms with Gasteiger partial charge in [-0.2, -0.15) is 0 Å². The lowest BCUT2D eigenvalue weighted by Gasteiger charge is -2.18. The smallest absolute Gasteiger partial charge is 0.328 e. The molecule has 1 aromatic carbocycles. The van der Waals surface area contributed by atoms with Crippen molar-refractivity contribution in [1.82, 2.24) is 10.6 Å². The molecule has 0 aliphatic rings.